The lowest BCUT2D eigenvalue weighted by Gasteiger charge is -2.34. The summed E-state index contributed by atoms with van der Waals surface area (Å²) in [6.07, 6.45) is 2.02. The van der Waals surface area contributed by atoms with Gasteiger partial charge in [0.1, 0.15) is 13.4 Å². The summed E-state index contributed by atoms with van der Waals surface area (Å²) in [6.45, 7) is 7.18. The highest BCUT2D eigenvalue weighted by molar-refractivity contribution is 5.81. The SMILES string of the molecule is C=CC(=O)OCC1(CC)COCOC1. The second-order valence-corrected chi connectivity index (χ2v) is 3.48. The van der Waals surface area contributed by atoms with E-state index in [1.54, 1.807) is 0 Å². The maximum atomic E-state index is 10.9. The number of hydrogen-bond donors (Lipinski definition) is 0. The zero-order valence-corrected chi connectivity index (χ0v) is 8.45. The van der Waals surface area contributed by atoms with Crippen molar-refractivity contribution in [2.45, 2.75) is 13.3 Å². The topological polar surface area (TPSA) is 44.8 Å². The van der Waals surface area contributed by atoms with E-state index >= 15 is 0 Å². The molecule has 0 amide bonds. The standard InChI is InChI=1S/C10H16O4/c1-3-9(11)14-7-10(4-2)5-12-8-13-6-10/h3H,1,4-8H2,2H3. The molecule has 14 heavy (non-hydrogen) atoms. The van der Waals surface area contributed by atoms with E-state index < -0.39 is 5.97 Å². The Labute approximate surface area is 83.8 Å². The molecule has 0 unspecified atom stereocenters. The third-order valence-corrected chi connectivity index (χ3v) is 2.42. The molecule has 0 aliphatic carbocycles. The molecule has 1 heterocycles. The van der Waals surface area contributed by atoms with Crippen LogP contribution in [-0.2, 0) is 19.0 Å². The van der Waals surface area contributed by atoms with Crippen LogP contribution in [0.1, 0.15) is 13.3 Å². The predicted octanol–water partition coefficient (Wildman–Crippen LogP) is 1.12. The minimum absolute atomic E-state index is 0.184. The Hall–Kier alpha value is -0.870. The third-order valence-electron chi connectivity index (χ3n) is 2.42. The maximum Gasteiger partial charge on any atom is 0.330 e. The van der Waals surface area contributed by atoms with Gasteiger partial charge in [-0.15, -0.1) is 0 Å². The van der Waals surface area contributed by atoms with Crippen LogP contribution in [-0.4, -0.2) is 32.6 Å². The van der Waals surface area contributed by atoms with E-state index in [4.69, 9.17) is 14.2 Å². The van der Waals surface area contributed by atoms with Gasteiger partial charge in [-0.25, -0.2) is 4.79 Å². The Morgan fingerprint density at radius 2 is 2.21 bits per heavy atom. The van der Waals surface area contributed by atoms with E-state index in [0.29, 0.717) is 26.6 Å². The van der Waals surface area contributed by atoms with Crippen molar-refractivity contribution in [3.8, 4) is 0 Å². The number of esters is 1. The van der Waals surface area contributed by atoms with E-state index in [1.165, 1.54) is 0 Å². The van der Waals surface area contributed by atoms with Crippen LogP contribution < -0.4 is 0 Å². The Kier molecular flexibility index (Phi) is 4.10. The van der Waals surface area contributed by atoms with Crippen molar-refractivity contribution in [3.05, 3.63) is 12.7 Å². The molecule has 0 N–H and O–H groups in total. The van der Waals surface area contributed by atoms with Crippen molar-refractivity contribution in [2.75, 3.05) is 26.6 Å². The van der Waals surface area contributed by atoms with Gasteiger partial charge in [0.05, 0.1) is 18.6 Å². The summed E-state index contributed by atoms with van der Waals surface area (Å²) >= 11 is 0. The van der Waals surface area contributed by atoms with Gasteiger partial charge in [0.2, 0.25) is 0 Å². The van der Waals surface area contributed by atoms with Crippen molar-refractivity contribution in [2.24, 2.45) is 5.41 Å². The minimum atomic E-state index is -0.400. The minimum Gasteiger partial charge on any atom is -0.462 e. The van der Waals surface area contributed by atoms with Gasteiger partial charge < -0.3 is 14.2 Å². The molecule has 1 rings (SSSR count). The lowest BCUT2D eigenvalue weighted by molar-refractivity contribution is -0.185. The van der Waals surface area contributed by atoms with E-state index in [-0.39, 0.29) is 5.41 Å². The summed E-state index contributed by atoms with van der Waals surface area (Å²) < 4.78 is 15.4. The predicted molar refractivity (Wildman–Crippen MR) is 50.7 cm³/mol. The molecule has 0 bridgehead atoms. The number of rotatable bonds is 4. The molecule has 1 fully saturated rings. The molecule has 0 aromatic carbocycles. The summed E-state index contributed by atoms with van der Waals surface area (Å²) in [7, 11) is 0. The maximum absolute atomic E-state index is 10.9. The van der Waals surface area contributed by atoms with Crippen LogP contribution in [0.3, 0.4) is 0 Å². The lowest BCUT2D eigenvalue weighted by Crippen LogP contribution is -2.41. The van der Waals surface area contributed by atoms with E-state index in [9.17, 15) is 4.79 Å². The first kappa shape index (κ1) is 11.2. The second kappa shape index (κ2) is 5.12. The lowest BCUT2D eigenvalue weighted by atomic mass is 9.87. The number of ether oxygens (including phenoxy) is 3. The van der Waals surface area contributed by atoms with Crippen molar-refractivity contribution in [3.63, 3.8) is 0 Å². The summed E-state index contributed by atoms with van der Waals surface area (Å²) in [6, 6.07) is 0. The first-order valence-electron chi connectivity index (χ1n) is 4.67. The van der Waals surface area contributed by atoms with Crippen LogP contribution in [0.15, 0.2) is 12.7 Å². The summed E-state index contributed by atoms with van der Waals surface area (Å²) in [5.41, 5.74) is -0.184. The van der Waals surface area contributed by atoms with Gasteiger partial charge in [0, 0.05) is 6.08 Å². The molecule has 4 nitrogen and oxygen atoms in total. The molecule has 1 aliphatic heterocycles. The molecule has 1 saturated heterocycles. The van der Waals surface area contributed by atoms with Crippen molar-refractivity contribution in [1.29, 1.82) is 0 Å². The smallest absolute Gasteiger partial charge is 0.330 e. The monoisotopic (exact) mass is 200 g/mol. The van der Waals surface area contributed by atoms with Crippen LogP contribution in [0.4, 0.5) is 0 Å². The molecule has 0 radical (unpaired) electrons. The first-order valence-corrected chi connectivity index (χ1v) is 4.67. The van der Waals surface area contributed by atoms with Gasteiger partial charge in [-0.2, -0.15) is 0 Å². The highest BCUT2D eigenvalue weighted by Gasteiger charge is 2.33. The number of hydrogen-bond acceptors (Lipinski definition) is 4. The van der Waals surface area contributed by atoms with Gasteiger partial charge in [-0.3, -0.25) is 0 Å². The Morgan fingerprint density at radius 3 is 2.71 bits per heavy atom. The highest BCUT2D eigenvalue weighted by atomic mass is 16.7. The van der Waals surface area contributed by atoms with Crippen LogP contribution in [0.2, 0.25) is 0 Å². The Morgan fingerprint density at radius 1 is 1.57 bits per heavy atom. The fourth-order valence-corrected chi connectivity index (χ4v) is 1.29. The van der Waals surface area contributed by atoms with Crippen molar-refractivity contribution >= 4 is 5.97 Å². The van der Waals surface area contributed by atoms with Gasteiger partial charge in [0.25, 0.3) is 0 Å². The van der Waals surface area contributed by atoms with Crippen LogP contribution >= 0.6 is 0 Å². The van der Waals surface area contributed by atoms with E-state index in [1.807, 2.05) is 6.92 Å². The van der Waals surface area contributed by atoms with Crippen LogP contribution in [0, 0.1) is 5.41 Å². The van der Waals surface area contributed by atoms with E-state index in [2.05, 4.69) is 6.58 Å². The highest BCUT2D eigenvalue weighted by Crippen LogP contribution is 2.26. The first-order chi connectivity index (χ1) is 6.72. The number of carbonyl (C=O) groups excluding carboxylic acids is 1. The molecule has 0 saturated carbocycles. The summed E-state index contributed by atoms with van der Waals surface area (Å²) in [5.74, 6) is -0.400. The molecule has 4 heteroatoms. The molecule has 0 aromatic rings. The zero-order chi connectivity index (χ0) is 10.4. The van der Waals surface area contributed by atoms with Gasteiger partial charge in [0.15, 0.2) is 0 Å². The fraction of sp³-hybridized carbons (Fsp3) is 0.700. The normalized spacial score (nSPS) is 20.1. The molecular formula is C10H16O4. The quantitative estimate of drug-likeness (QED) is 0.504. The number of carbonyl (C=O) groups is 1. The zero-order valence-electron chi connectivity index (χ0n) is 8.45. The van der Waals surface area contributed by atoms with Crippen molar-refractivity contribution in [1.82, 2.24) is 0 Å². The molecule has 80 valence electrons. The molecule has 1 aliphatic rings. The Balaban J connectivity index is 2.43. The largest absolute Gasteiger partial charge is 0.462 e. The summed E-state index contributed by atoms with van der Waals surface area (Å²) in [4.78, 5) is 10.9. The molecule has 0 aromatic heterocycles. The average molecular weight is 200 g/mol. The third kappa shape index (κ3) is 2.82. The van der Waals surface area contributed by atoms with Crippen molar-refractivity contribution < 1.29 is 19.0 Å². The Bertz CT molecular complexity index is 206. The second-order valence-electron chi connectivity index (χ2n) is 3.48. The van der Waals surface area contributed by atoms with Gasteiger partial charge in [-0.1, -0.05) is 13.5 Å². The molecule has 0 spiro atoms. The van der Waals surface area contributed by atoms with Crippen LogP contribution in [0.5, 0.6) is 0 Å². The molecule has 0 atom stereocenters. The average Bonchev–Trinajstić information content (AvgIpc) is 2.27. The van der Waals surface area contributed by atoms with E-state index in [0.717, 1.165) is 12.5 Å². The van der Waals surface area contributed by atoms with Gasteiger partial charge in [-0.05, 0) is 6.42 Å². The summed E-state index contributed by atoms with van der Waals surface area (Å²) in [5, 5.41) is 0. The van der Waals surface area contributed by atoms with Gasteiger partial charge >= 0.3 is 5.97 Å². The van der Waals surface area contributed by atoms with Crippen LogP contribution in [0.25, 0.3) is 0 Å². The fourth-order valence-electron chi connectivity index (χ4n) is 1.29. The molecular weight excluding hydrogens is 184 g/mol.